The molecule has 0 fully saturated rings. The smallest absolute Gasteiger partial charge is 0.302 e. The van der Waals surface area contributed by atoms with Crippen molar-refractivity contribution in [1.29, 1.82) is 5.26 Å². The zero-order valence-corrected chi connectivity index (χ0v) is 10.7. The van der Waals surface area contributed by atoms with Gasteiger partial charge in [0.05, 0.1) is 18.6 Å². The zero-order valence-electron chi connectivity index (χ0n) is 10.7. The Labute approximate surface area is 97.5 Å². The molecule has 0 N–H and O–H groups in total. The van der Waals surface area contributed by atoms with Gasteiger partial charge in [0.2, 0.25) is 0 Å². The average Bonchev–Trinajstić information content (AvgIpc) is 2.21. The lowest BCUT2D eigenvalue weighted by atomic mass is 9.81. The highest BCUT2D eigenvalue weighted by Gasteiger charge is 2.36. The normalized spacial score (nSPS) is 15.0. The van der Waals surface area contributed by atoms with E-state index in [9.17, 15) is 4.79 Å². The highest BCUT2D eigenvalue weighted by Crippen LogP contribution is 2.29. The molecule has 0 aromatic heterocycles. The van der Waals surface area contributed by atoms with E-state index in [-0.39, 0.29) is 17.3 Å². The third kappa shape index (κ3) is 4.63. The lowest BCUT2D eigenvalue weighted by molar-refractivity contribution is -0.158. The molecule has 16 heavy (non-hydrogen) atoms. The van der Waals surface area contributed by atoms with E-state index in [0.29, 0.717) is 13.2 Å². The molecule has 2 unspecified atom stereocenters. The number of hydrogen-bond acceptors (Lipinski definition) is 4. The lowest BCUT2D eigenvalue weighted by Crippen LogP contribution is -2.41. The van der Waals surface area contributed by atoms with Gasteiger partial charge in [0.1, 0.15) is 6.10 Å². The predicted octanol–water partition coefficient (Wildman–Crippen LogP) is 2.14. The van der Waals surface area contributed by atoms with E-state index in [4.69, 9.17) is 14.7 Å². The molecule has 0 radical (unpaired) electrons. The van der Waals surface area contributed by atoms with Gasteiger partial charge in [-0.3, -0.25) is 4.79 Å². The summed E-state index contributed by atoms with van der Waals surface area (Å²) in [7, 11) is 0. The fraction of sp³-hybridized carbons (Fsp3) is 0.833. The van der Waals surface area contributed by atoms with Crippen LogP contribution in [0.1, 0.15) is 34.6 Å². The Morgan fingerprint density at radius 1 is 1.50 bits per heavy atom. The SMILES string of the molecule is CCOCC(C)(C)C(OC(C)=O)C(C)C#N. The lowest BCUT2D eigenvalue weighted by Gasteiger charge is -2.34. The molecule has 0 aliphatic rings. The van der Waals surface area contributed by atoms with Crippen molar-refractivity contribution in [3.63, 3.8) is 0 Å². The summed E-state index contributed by atoms with van der Waals surface area (Å²) in [5.41, 5.74) is -0.364. The van der Waals surface area contributed by atoms with Crippen LogP contribution in [-0.2, 0) is 14.3 Å². The largest absolute Gasteiger partial charge is 0.461 e. The summed E-state index contributed by atoms with van der Waals surface area (Å²) < 4.78 is 10.6. The first kappa shape index (κ1) is 14.9. The maximum atomic E-state index is 11.0. The topological polar surface area (TPSA) is 59.3 Å². The van der Waals surface area contributed by atoms with Gasteiger partial charge in [-0.2, -0.15) is 5.26 Å². The van der Waals surface area contributed by atoms with Crippen LogP contribution in [0.25, 0.3) is 0 Å². The van der Waals surface area contributed by atoms with Crippen LogP contribution in [0.4, 0.5) is 0 Å². The van der Waals surface area contributed by atoms with Crippen molar-refractivity contribution in [3.8, 4) is 6.07 Å². The van der Waals surface area contributed by atoms with Crippen LogP contribution in [0.5, 0.6) is 0 Å². The first-order valence-corrected chi connectivity index (χ1v) is 5.49. The molecular weight excluding hydrogens is 206 g/mol. The summed E-state index contributed by atoms with van der Waals surface area (Å²) in [5.74, 6) is -0.712. The van der Waals surface area contributed by atoms with E-state index < -0.39 is 6.10 Å². The summed E-state index contributed by atoms with van der Waals surface area (Å²) >= 11 is 0. The Kier molecular flexibility index (Phi) is 6.05. The van der Waals surface area contributed by atoms with Gasteiger partial charge in [-0.05, 0) is 13.8 Å². The second-order valence-electron chi connectivity index (χ2n) is 4.57. The molecule has 0 rings (SSSR count). The molecule has 0 bridgehead atoms. The molecule has 4 nitrogen and oxygen atoms in total. The summed E-state index contributed by atoms with van der Waals surface area (Å²) in [6.45, 7) is 9.96. The van der Waals surface area contributed by atoms with Crippen molar-refractivity contribution in [2.45, 2.75) is 40.7 Å². The van der Waals surface area contributed by atoms with Crippen molar-refractivity contribution in [2.24, 2.45) is 11.3 Å². The maximum Gasteiger partial charge on any atom is 0.302 e. The standard InChI is InChI=1S/C12H21NO3/c1-6-15-8-12(4,5)11(9(2)7-13)16-10(3)14/h9,11H,6,8H2,1-5H3. The van der Waals surface area contributed by atoms with Crippen LogP contribution in [0.3, 0.4) is 0 Å². The Bertz CT molecular complexity index is 268. The molecular formula is C12H21NO3. The van der Waals surface area contributed by atoms with Crippen molar-refractivity contribution in [3.05, 3.63) is 0 Å². The number of ether oxygens (including phenoxy) is 2. The Morgan fingerprint density at radius 3 is 2.44 bits per heavy atom. The Hall–Kier alpha value is -1.08. The number of esters is 1. The number of carbonyl (C=O) groups excluding carboxylic acids is 1. The first-order chi connectivity index (χ1) is 7.35. The number of nitrogens with zero attached hydrogens (tertiary/aromatic N) is 1. The summed E-state index contributed by atoms with van der Waals surface area (Å²) in [6, 6.07) is 2.12. The average molecular weight is 227 g/mol. The molecule has 0 spiro atoms. The molecule has 0 aliphatic heterocycles. The van der Waals surface area contributed by atoms with Crippen LogP contribution in [-0.4, -0.2) is 25.3 Å². The van der Waals surface area contributed by atoms with Gasteiger partial charge in [0.15, 0.2) is 0 Å². The van der Waals surface area contributed by atoms with Crippen molar-refractivity contribution < 1.29 is 14.3 Å². The van der Waals surface area contributed by atoms with E-state index in [1.165, 1.54) is 6.92 Å². The quantitative estimate of drug-likeness (QED) is 0.652. The van der Waals surface area contributed by atoms with E-state index in [0.717, 1.165) is 0 Å². The van der Waals surface area contributed by atoms with Crippen LogP contribution < -0.4 is 0 Å². The van der Waals surface area contributed by atoms with Gasteiger partial charge in [-0.25, -0.2) is 0 Å². The summed E-state index contributed by atoms with van der Waals surface area (Å²) in [5, 5.41) is 8.92. The van der Waals surface area contributed by atoms with Gasteiger partial charge in [0.25, 0.3) is 0 Å². The molecule has 0 saturated heterocycles. The summed E-state index contributed by atoms with van der Waals surface area (Å²) in [6.07, 6.45) is -0.443. The van der Waals surface area contributed by atoms with Crippen LogP contribution in [0.15, 0.2) is 0 Å². The fourth-order valence-corrected chi connectivity index (χ4v) is 1.63. The van der Waals surface area contributed by atoms with E-state index in [1.54, 1.807) is 6.92 Å². The molecule has 2 atom stereocenters. The molecule has 0 aromatic rings. The Balaban J connectivity index is 4.72. The fourth-order valence-electron chi connectivity index (χ4n) is 1.63. The van der Waals surface area contributed by atoms with Gasteiger partial charge in [0, 0.05) is 18.9 Å². The van der Waals surface area contributed by atoms with Gasteiger partial charge >= 0.3 is 5.97 Å². The minimum atomic E-state index is -0.443. The highest BCUT2D eigenvalue weighted by molar-refractivity contribution is 5.66. The molecule has 0 heterocycles. The molecule has 0 saturated carbocycles. The van der Waals surface area contributed by atoms with Crippen molar-refractivity contribution in [1.82, 2.24) is 0 Å². The summed E-state index contributed by atoms with van der Waals surface area (Å²) in [4.78, 5) is 11.0. The molecule has 4 heteroatoms. The number of carbonyl (C=O) groups is 1. The number of nitriles is 1. The zero-order chi connectivity index (χ0) is 12.8. The Morgan fingerprint density at radius 2 is 2.06 bits per heavy atom. The van der Waals surface area contributed by atoms with Gasteiger partial charge in [-0.1, -0.05) is 13.8 Å². The third-order valence-corrected chi connectivity index (χ3v) is 2.40. The highest BCUT2D eigenvalue weighted by atomic mass is 16.5. The van der Waals surface area contributed by atoms with Crippen molar-refractivity contribution >= 4 is 5.97 Å². The van der Waals surface area contributed by atoms with Crippen molar-refractivity contribution in [2.75, 3.05) is 13.2 Å². The van der Waals surface area contributed by atoms with Gasteiger partial charge < -0.3 is 9.47 Å². The monoisotopic (exact) mass is 227 g/mol. The second kappa shape index (κ2) is 6.49. The van der Waals surface area contributed by atoms with E-state index in [1.807, 2.05) is 20.8 Å². The maximum absolute atomic E-state index is 11.0. The predicted molar refractivity (Wildman–Crippen MR) is 60.6 cm³/mol. The molecule has 0 amide bonds. The van der Waals surface area contributed by atoms with Crippen LogP contribution in [0.2, 0.25) is 0 Å². The molecule has 0 aliphatic carbocycles. The number of rotatable bonds is 6. The van der Waals surface area contributed by atoms with E-state index >= 15 is 0 Å². The minimum Gasteiger partial charge on any atom is -0.461 e. The molecule has 92 valence electrons. The van der Waals surface area contributed by atoms with Crippen LogP contribution >= 0.6 is 0 Å². The van der Waals surface area contributed by atoms with Gasteiger partial charge in [-0.15, -0.1) is 0 Å². The number of hydrogen-bond donors (Lipinski definition) is 0. The third-order valence-electron chi connectivity index (χ3n) is 2.40. The first-order valence-electron chi connectivity index (χ1n) is 5.49. The van der Waals surface area contributed by atoms with Crippen LogP contribution in [0, 0.1) is 22.7 Å². The second-order valence-corrected chi connectivity index (χ2v) is 4.57. The van der Waals surface area contributed by atoms with E-state index in [2.05, 4.69) is 6.07 Å². The minimum absolute atomic E-state index is 0.348. The molecule has 0 aromatic carbocycles.